The Hall–Kier alpha value is -6.84. The molecule has 5 nitrogen and oxygen atoms in total. The van der Waals surface area contributed by atoms with Gasteiger partial charge in [0, 0.05) is 52.5 Å². The van der Waals surface area contributed by atoms with Crippen LogP contribution in [0.15, 0.2) is 162 Å². The Labute approximate surface area is 340 Å². The smallest absolute Gasteiger partial charge is 0.307 e. The normalized spacial score (nSPS) is 12.5. The highest BCUT2D eigenvalue weighted by Gasteiger charge is 2.24. The number of nitrogens with zero attached hydrogens (tertiary/aromatic N) is 4. The van der Waals surface area contributed by atoms with Gasteiger partial charge < -0.3 is 4.42 Å². The predicted molar refractivity (Wildman–Crippen MR) is 247 cm³/mol. The molecule has 8 aromatic carbocycles. The maximum absolute atomic E-state index is 6.54. The van der Waals surface area contributed by atoms with Crippen molar-refractivity contribution in [2.75, 3.05) is 0 Å². The van der Waals surface area contributed by atoms with Crippen LogP contribution in [0, 0.1) is 0 Å². The summed E-state index contributed by atoms with van der Waals surface area (Å²) in [6, 6.07) is 57.3. The summed E-state index contributed by atoms with van der Waals surface area (Å²) in [5.41, 5.74) is 9.44. The molecule has 0 spiro atoms. The second kappa shape index (κ2) is 11.4. The fraction of sp³-hybridized carbons (Fsp3) is 0. The number of hydrogen-bond donors (Lipinski definition) is 0. The molecule has 0 radical (unpaired) electrons. The molecule has 0 aliphatic heterocycles. The molecule has 0 bridgehead atoms. The number of para-hydroxylation sites is 3. The van der Waals surface area contributed by atoms with E-state index in [1.807, 2.05) is 46.9 Å². The van der Waals surface area contributed by atoms with Crippen molar-refractivity contribution >= 4 is 139 Å². The first kappa shape index (κ1) is 31.3. The van der Waals surface area contributed by atoms with Gasteiger partial charge in [0.1, 0.15) is 5.52 Å². The molecule has 0 saturated heterocycles. The van der Waals surface area contributed by atoms with Gasteiger partial charge in [0.2, 0.25) is 0 Å². The van der Waals surface area contributed by atoms with Crippen LogP contribution >= 0.6 is 34.0 Å². The van der Waals surface area contributed by atoms with Crippen molar-refractivity contribution in [1.82, 2.24) is 19.1 Å². The molecule has 58 heavy (non-hydrogen) atoms. The molecule has 0 amide bonds. The van der Waals surface area contributed by atoms with E-state index in [-0.39, 0.29) is 0 Å². The molecule has 6 heterocycles. The summed E-state index contributed by atoms with van der Waals surface area (Å²) < 4.78 is 17.4. The number of fused-ring (bicyclic) bond motifs is 16. The molecular weight excluding hydrogens is 769 g/mol. The summed E-state index contributed by atoms with van der Waals surface area (Å²) >= 11 is 5.45. The van der Waals surface area contributed by atoms with Crippen molar-refractivity contribution in [3.8, 4) is 22.3 Å². The monoisotopic (exact) mass is 794 g/mol. The number of hydrogen-bond acceptors (Lipinski definition) is 6. The summed E-state index contributed by atoms with van der Waals surface area (Å²) in [6.07, 6.45) is 0. The lowest BCUT2D eigenvalue weighted by Gasteiger charge is -2.06. The highest BCUT2D eigenvalue weighted by molar-refractivity contribution is 7.27. The van der Waals surface area contributed by atoms with E-state index in [9.17, 15) is 0 Å². The summed E-state index contributed by atoms with van der Waals surface area (Å²) in [5, 5.41) is 10.9. The summed E-state index contributed by atoms with van der Waals surface area (Å²) in [7, 11) is 0. The molecular formula is C50H26N4OS3. The highest BCUT2D eigenvalue weighted by atomic mass is 32.1. The van der Waals surface area contributed by atoms with Gasteiger partial charge in [0.15, 0.2) is 10.7 Å². The lowest BCUT2D eigenvalue weighted by Crippen LogP contribution is -1.94. The molecule has 0 aliphatic carbocycles. The van der Waals surface area contributed by atoms with Crippen LogP contribution < -0.4 is 0 Å². The van der Waals surface area contributed by atoms with E-state index >= 15 is 0 Å². The van der Waals surface area contributed by atoms with Gasteiger partial charge in [0.25, 0.3) is 0 Å². The van der Waals surface area contributed by atoms with Crippen LogP contribution in [-0.4, -0.2) is 19.1 Å². The number of rotatable bonds is 3. The van der Waals surface area contributed by atoms with Crippen LogP contribution in [0.1, 0.15) is 0 Å². The largest absolute Gasteiger partial charge is 0.423 e. The molecule has 0 unspecified atom stereocenters. The fourth-order valence-electron chi connectivity index (χ4n) is 9.33. The summed E-state index contributed by atoms with van der Waals surface area (Å²) in [6.45, 7) is 0. The van der Waals surface area contributed by atoms with Crippen molar-refractivity contribution < 1.29 is 4.42 Å². The molecule has 0 saturated carbocycles. The van der Waals surface area contributed by atoms with Crippen LogP contribution in [0.25, 0.3) is 128 Å². The van der Waals surface area contributed by atoms with Gasteiger partial charge in [-0.25, -0.2) is 4.98 Å². The maximum Gasteiger partial charge on any atom is 0.307 e. The minimum absolute atomic E-state index is 0.571. The number of oxazole rings is 1. The van der Waals surface area contributed by atoms with Crippen LogP contribution in [0.5, 0.6) is 0 Å². The Morgan fingerprint density at radius 2 is 1.09 bits per heavy atom. The molecule has 0 N–H and O–H groups in total. The quantitative estimate of drug-likeness (QED) is 0.179. The standard InChI is InChI=1S/C50H26N4OS3/c1-5-15-38-29(10-1)32-21-22-33-30-11-2-7-18-41(30)56-47(33)45(32)54(38)50-52-37-26-27(20-25-43(37)58-50)28-13-9-16-39-44(28)35-24-23-34-31-12-3-8-19-42(31)57-48(34)46(35)53(39)49-51-36-14-4-6-17-40(36)55-49/h1-26H. The van der Waals surface area contributed by atoms with Gasteiger partial charge in [0.05, 0.1) is 41.7 Å². The Bertz CT molecular complexity index is 4030. The molecule has 8 heteroatoms. The zero-order chi connectivity index (χ0) is 37.6. The van der Waals surface area contributed by atoms with Crippen molar-refractivity contribution in [3.63, 3.8) is 0 Å². The van der Waals surface area contributed by atoms with Crippen LogP contribution in [0.3, 0.4) is 0 Å². The Morgan fingerprint density at radius 3 is 1.88 bits per heavy atom. The van der Waals surface area contributed by atoms with Gasteiger partial charge in [-0.2, -0.15) is 4.98 Å². The minimum Gasteiger partial charge on any atom is -0.423 e. The molecule has 14 aromatic rings. The number of thiazole rings is 1. The van der Waals surface area contributed by atoms with Crippen molar-refractivity contribution in [2.45, 2.75) is 0 Å². The average molecular weight is 795 g/mol. The SMILES string of the molecule is c1ccc2oc(-n3c4cccc(-c5ccc6sc(-n7c8ccccc8c8ccc9c%10ccccc%10sc9c87)nc6c5)c4c4ccc5c6ccccc6sc5c43)nc2c1. The Balaban J connectivity index is 1.02. The second-order valence-electron chi connectivity index (χ2n) is 14.9. The van der Waals surface area contributed by atoms with Crippen LogP contribution in [-0.2, 0) is 0 Å². The number of thiophene rings is 2. The second-order valence-corrected chi connectivity index (χ2v) is 18.0. The first-order chi connectivity index (χ1) is 28.7. The minimum atomic E-state index is 0.571. The number of benzene rings is 8. The van der Waals surface area contributed by atoms with Gasteiger partial charge in [-0.3, -0.25) is 9.13 Å². The van der Waals surface area contributed by atoms with E-state index < -0.39 is 0 Å². The molecule has 0 atom stereocenters. The number of aromatic nitrogens is 4. The van der Waals surface area contributed by atoms with E-state index in [0.717, 1.165) is 48.6 Å². The maximum atomic E-state index is 6.54. The lowest BCUT2D eigenvalue weighted by atomic mass is 9.99. The third-order valence-electron chi connectivity index (χ3n) is 11.8. The first-order valence-electron chi connectivity index (χ1n) is 19.2. The third-order valence-corrected chi connectivity index (χ3v) is 15.2. The predicted octanol–water partition coefficient (Wildman–Crippen LogP) is 15.0. The van der Waals surface area contributed by atoms with Crippen molar-refractivity contribution in [1.29, 1.82) is 0 Å². The van der Waals surface area contributed by atoms with Gasteiger partial charge in [-0.15, -0.1) is 22.7 Å². The molecule has 6 aromatic heterocycles. The zero-order valence-electron chi connectivity index (χ0n) is 30.4. The van der Waals surface area contributed by atoms with Crippen molar-refractivity contribution in [2.24, 2.45) is 0 Å². The molecule has 270 valence electrons. The van der Waals surface area contributed by atoms with E-state index in [4.69, 9.17) is 14.4 Å². The van der Waals surface area contributed by atoms with E-state index in [0.29, 0.717) is 6.01 Å². The van der Waals surface area contributed by atoms with Crippen molar-refractivity contribution in [3.05, 3.63) is 158 Å². The van der Waals surface area contributed by atoms with Crippen LogP contribution in [0.2, 0.25) is 0 Å². The first-order valence-corrected chi connectivity index (χ1v) is 21.7. The van der Waals surface area contributed by atoms with E-state index in [1.54, 1.807) is 11.3 Å². The summed E-state index contributed by atoms with van der Waals surface area (Å²) in [4.78, 5) is 10.5. The van der Waals surface area contributed by atoms with E-state index in [2.05, 4.69) is 143 Å². The van der Waals surface area contributed by atoms with Crippen LogP contribution in [0.4, 0.5) is 0 Å². The molecule has 14 rings (SSSR count). The molecule has 0 fully saturated rings. The Morgan fingerprint density at radius 1 is 0.431 bits per heavy atom. The fourth-order valence-corrected chi connectivity index (χ4v) is 12.8. The lowest BCUT2D eigenvalue weighted by molar-refractivity contribution is 0.575. The average Bonchev–Trinajstić information content (AvgIpc) is 4.12. The van der Waals surface area contributed by atoms with Gasteiger partial charge in [-0.05, 0) is 59.7 Å². The third kappa shape index (κ3) is 4.13. The van der Waals surface area contributed by atoms with Gasteiger partial charge in [-0.1, -0.05) is 121 Å². The summed E-state index contributed by atoms with van der Waals surface area (Å²) in [5.74, 6) is 0. The topological polar surface area (TPSA) is 48.8 Å². The highest BCUT2D eigenvalue weighted by Crippen LogP contribution is 2.47. The van der Waals surface area contributed by atoms with E-state index in [1.165, 1.54) is 72.9 Å². The Kier molecular flexibility index (Phi) is 6.14. The van der Waals surface area contributed by atoms with Gasteiger partial charge >= 0.3 is 6.01 Å². The molecule has 0 aliphatic rings. The zero-order valence-corrected chi connectivity index (χ0v) is 32.9.